The monoisotopic (exact) mass is 243 g/mol. The molecule has 0 fully saturated rings. The molecule has 1 aromatic rings. The van der Waals surface area contributed by atoms with Crippen LogP contribution in [0.25, 0.3) is 0 Å². The molecular formula is C11H12F3N3. The maximum atomic E-state index is 12.4. The first-order valence-electron chi connectivity index (χ1n) is 5.13. The van der Waals surface area contributed by atoms with E-state index in [1.54, 1.807) is 6.92 Å². The van der Waals surface area contributed by atoms with Crippen LogP contribution in [-0.4, -0.2) is 24.2 Å². The van der Waals surface area contributed by atoms with Crippen LogP contribution in [0.3, 0.4) is 0 Å². The zero-order valence-electron chi connectivity index (χ0n) is 9.33. The van der Waals surface area contributed by atoms with Gasteiger partial charge < -0.3 is 4.90 Å². The number of anilines is 1. The first-order valence-corrected chi connectivity index (χ1v) is 5.13. The lowest BCUT2D eigenvalue weighted by molar-refractivity contribution is -0.119. The van der Waals surface area contributed by atoms with Crippen molar-refractivity contribution in [1.29, 1.82) is 5.26 Å². The molecule has 0 radical (unpaired) electrons. The average molecular weight is 243 g/mol. The number of hydrogen-bond donors (Lipinski definition) is 0. The number of nitriles is 1. The quantitative estimate of drug-likeness (QED) is 0.816. The van der Waals surface area contributed by atoms with E-state index in [2.05, 4.69) is 4.98 Å². The van der Waals surface area contributed by atoms with Crippen LogP contribution in [0.5, 0.6) is 0 Å². The van der Waals surface area contributed by atoms with Crippen molar-refractivity contribution in [2.45, 2.75) is 19.5 Å². The van der Waals surface area contributed by atoms with Gasteiger partial charge in [-0.2, -0.15) is 18.4 Å². The minimum Gasteiger partial charge on any atom is -0.360 e. The third-order valence-corrected chi connectivity index (χ3v) is 2.12. The van der Waals surface area contributed by atoms with Crippen LogP contribution in [0.2, 0.25) is 0 Å². The molecule has 0 saturated carbocycles. The van der Waals surface area contributed by atoms with Crippen molar-refractivity contribution in [2.24, 2.45) is 0 Å². The van der Waals surface area contributed by atoms with E-state index < -0.39 is 12.7 Å². The van der Waals surface area contributed by atoms with E-state index in [1.807, 2.05) is 6.07 Å². The van der Waals surface area contributed by atoms with Crippen molar-refractivity contribution >= 4 is 5.69 Å². The predicted octanol–water partition coefficient (Wildman–Crippen LogP) is 2.73. The molecule has 0 unspecified atom stereocenters. The molecule has 0 N–H and O–H groups in total. The largest absolute Gasteiger partial charge is 0.405 e. The highest BCUT2D eigenvalue weighted by Gasteiger charge is 2.31. The smallest absolute Gasteiger partial charge is 0.360 e. The third-order valence-electron chi connectivity index (χ3n) is 2.12. The second kappa shape index (κ2) is 5.53. The Morgan fingerprint density at radius 1 is 1.47 bits per heavy atom. The fraction of sp³-hybridized carbons (Fsp3) is 0.455. The molecule has 0 aromatic carbocycles. The molecular weight excluding hydrogens is 231 g/mol. The Hall–Kier alpha value is -1.77. The van der Waals surface area contributed by atoms with Crippen molar-refractivity contribution in [1.82, 2.24) is 4.98 Å². The lowest BCUT2D eigenvalue weighted by atomic mass is 10.2. The molecule has 92 valence electrons. The maximum absolute atomic E-state index is 12.4. The minimum absolute atomic E-state index is 0.206. The van der Waals surface area contributed by atoms with Gasteiger partial charge in [-0.25, -0.2) is 0 Å². The third kappa shape index (κ3) is 3.94. The Bertz CT molecular complexity index is 409. The Labute approximate surface area is 97.5 Å². The van der Waals surface area contributed by atoms with Gasteiger partial charge in [0.2, 0.25) is 0 Å². The average Bonchev–Trinajstić information content (AvgIpc) is 2.27. The number of pyridine rings is 1. The number of alkyl halides is 3. The molecule has 3 nitrogen and oxygen atoms in total. The fourth-order valence-electron chi connectivity index (χ4n) is 1.50. The van der Waals surface area contributed by atoms with Crippen molar-refractivity contribution in [3.8, 4) is 6.07 Å². The van der Waals surface area contributed by atoms with Gasteiger partial charge >= 0.3 is 6.18 Å². The summed E-state index contributed by atoms with van der Waals surface area (Å²) in [6.07, 6.45) is -1.05. The Balaban J connectivity index is 3.01. The van der Waals surface area contributed by atoms with Gasteiger partial charge in [-0.1, -0.05) is 6.92 Å². The predicted molar refractivity (Wildman–Crippen MR) is 57.5 cm³/mol. The zero-order valence-corrected chi connectivity index (χ0v) is 9.33. The molecule has 0 amide bonds. The van der Waals surface area contributed by atoms with E-state index in [4.69, 9.17) is 5.26 Å². The van der Waals surface area contributed by atoms with E-state index in [0.717, 1.165) is 4.90 Å². The van der Waals surface area contributed by atoms with Crippen molar-refractivity contribution in [3.05, 3.63) is 24.0 Å². The van der Waals surface area contributed by atoms with Crippen molar-refractivity contribution in [3.63, 3.8) is 0 Å². The Kier molecular flexibility index (Phi) is 4.32. The van der Waals surface area contributed by atoms with Crippen LogP contribution in [-0.2, 0) is 0 Å². The second-order valence-corrected chi connectivity index (χ2v) is 3.54. The van der Waals surface area contributed by atoms with E-state index in [-0.39, 0.29) is 17.8 Å². The summed E-state index contributed by atoms with van der Waals surface area (Å²) in [7, 11) is 0. The number of nitrogens with zero attached hydrogens (tertiary/aromatic N) is 3. The van der Waals surface area contributed by atoms with Gasteiger partial charge in [-0.3, -0.25) is 4.98 Å². The molecule has 1 aromatic heterocycles. The summed E-state index contributed by atoms with van der Waals surface area (Å²) in [5.41, 5.74) is 0.437. The lowest BCUT2D eigenvalue weighted by Crippen LogP contribution is -2.35. The maximum Gasteiger partial charge on any atom is 0.405 e. The molecule has 1 rings (SSSR count). The van der Waals surface area contributed by atoms with Crippen molar-refractivity contribution in [2.75, 3.05) is 18.0 Å². The number of aromatic nitrogens is 1. The standard InChI is InChI=1S/C11H12F3N3/c1-2-5-17(8-11(12,13)14)10-7-16-4-3-9(10)6-15/h3-4,7H,2,5,8H2,1H3. The summed E-state index contributed by atoms with van der Waals surface area (Å²) < 4.78 is 37.2. The second-order valence-electron chi connectivity index (χ2n) is 3.54. The van der Waals surface area contributed by atoms with E-state index in [0.29, 0.717) is 6.42 Å². The van der Waals surface area contributed by atoms with Crippen LogP contribution in [0, 0.1) is 11.3 Å². The van der Waals surface area contributed by atoms with Gasteiger partial charge in [0.25, 0.3) is 0 Å². The van der Waals surface area contributed by atoms with E-state index in [9.17, 15) is 13.2 Å². The van der Waals surface area contributed by atoms with Gasteiger partial charge in [0.05, 0.1) is 17.4 Å². The van der Waals surface area contributed by atoms with Crippen LogP contribution in [0.15, 0.2) is 18.5 Å². The first-order chi connectivity index (χ1) is 7.98. The van der Waals surface area contributed by atoms with Gasteiger partial charge in [-0.15, -0.1) is 0 Å². The van der Waals surface area contributed by atoms with Gasteiger partial charge in [-0.05, 0) is 12.5 Å². The highest BCUT2D eigenvalue weighted by Crippen LogP contribution is 2.24. The topological polar surface area (TPSA) is 39.9 Å². The van der Waals surface area contributed by atoms with Crippen molar-refractivity contribution < 1.29 is 13.2 Å². The minimum atomic E-state index is -4.29. The highest BCUT2D eigenvalue weighted by atomic mass is 19.4. The number of rotatable bonds is 4. The van der Waals surface area contributed by atoms with Gasteiger partial charge in [0.1, 0.15) is 12.6 Å². The van der Waals surface area contributed by atoms with Crippen LogP contribution >= 0.6 is 0 Å². The Morgan fingerprint density at radius 3 is 2.71 bits per heavy atom. The molecule has 0 aliphatic carbocycles. The molecule has 0 bridgehead atoms. The summed E-state index contributed by atoms with van der Waals surface area (Å²) in [6, 6.07) is 3.28. The summed E-state index contributed by atoms with van der Waals surface area (Å²) in [5, 5.41) is 8.85. The van der Waals surface area contributed by atoms with E-state index in [1.165, 1.54) is 18.5 Å². The number of halogens is 3. The number of hydrogen-bond acceptors (Lipinski definition) is 3. The Morgan fingerprint density at radius 2 is 2.18 bits per heavy atom. The molecule has 0 aliphatic heterocycles. The van der Waals surface area contributed by atoms with Gasteiger partial charge in [0, 0.05) is 12.7 Å². The van der Waals surface area contributed by atoms with Crippen LogP contribution in [0.4, 0.5) is 18.9 Å². The molecule has 1 heterocycles. The molecule has 6 heteroatoms. The highest BCUT2D eigenvalue weighted by molar-refractivity contribution is 5.57. The molecule has 0 aliphatic rings. The summed E-state index contributed by atoms with van der Waals surface area (Å²) in [5.74, 6) is 0. The first kappa shape index (κ1) is 13.3. The molecule has 0 saturated heterocycles. The van der Waals surface area contributed by atoms with Crippen LogP contribution < -0.4 is 4.90 Å². The zero-order chi connectivity index (χ0) is 12.9. The fourth-order valence-corrected chi connectivity index (χ4v) is 1.50. The molecule has 17 heavy (non-hydrogen) atoms. The molecule has 0 atom stereocenters. The van der Waals surface area contributed by atoms with Crippen LogP contribution in [0.1, 0.15) is 18.9 Å². The SMILES string of the molecule is CCCN(CC(F)(F)F)c1cnccc1C#N. The summed E-state index contributed by atoms with van der Waals surface area (Å²) in [6.45, 7) is 0.951. The summed E-state index contributed by atoms with van der Waals surface area (Å²) in [4.78, 5) is 4.90. The lowest BCUT2D eigenvalue weighted by Gasteiger charge is -2.25. The normalized spacial score (nSPS) is 11.0. The summed E-state index contributed by atoms with van der Waals surface area (Å²) >= 11 is 0. The van der Waals surface area contributed by atoms with Gasteiger partial charge in [0.15, 0.2) is 0 Å². The molecule has 0 spiro atoms. The van der Waals surface area contributed by atoms with E-state index >= 15 is 0 Å².